The molecular formula is C27H33N2O7S+. The number of likely N-dealkylation sites (N-methyl/N-ethyl adjacent to an activating group) is 1. The number of ether oxygens (including phenoxy) is 2. The van der Waals surface area contributed by atoms with Crippen LogP contribution in [0.25, 0.3) is 5.57 Å². The molecule has 4 rings (SSSR count). The van der Waals surface area contributed by atoms with E-state index in [9.17, 15) is 23.1 Å². The van der Waals surface area contributed by atoms with E-state index in [0.29, 0.717) is 0 Å². The molecule has 1 fully saturated rings. The van der Waals surface area contributed by atoms with Gasteiger partial charge in [-0.3, -0.25) is 14.5 Å². The number of nitrogens with zero attached hydrogens (tertiary/aromatic N) is 2. The molecule has 2 amide bonds. The molecule has 37 heavy (non-hydrogen) atoms. The van der Waals surface area contributed by atoms with Gasteiger partial charge in [-0.15, -0.1) is 0 Å². The maximum atomic E-state index is 13.3. The molecule has 2 aliphatic carbocycles. The molecule has 3 aliphatic rings. The lowest BCUT2D eigenvalue weighted by atomic mass is 9.93. The summed E-state index contributed by atoms with van der Waals surface area (Å²) in [4.78, 5) is 41.4. The van der Waals surface area contributed by atoms with Crippen molar-refractivity contribution in [2.24, 2.45) is 0 Å². The normalized spacial score (nSPS) is 20.5. The molecule has 198 valence electrons. The molecule has 9 nitrogen and oxygen atoms in total. The second-order valence-electron chi connectivity index (χ2n) is 9.40. The quantitative estimate of drug-likeness (QED) is 0.312. The Hall–Kier alpha value is -3.24. The molecule has 10 heteroatoms. The summed E-state index contributed by atoms with van der Waals surface area (Å²) in [6.07, 6.45) is 6.44. The van der Waals surface area contributed by atoms with Crippen LogP contribution in [0.5, 0.6) is 0 Å². The van der Waals surface area contributed by atoms with Gasteiger partial charge >= 0.3 is 12.1 Å². The highest BCUT2D eigenvalue weighted by Crippen LogP contribution is 2.46. The summed E-state index contributed by atoms with van der Waals surface area (Å²) in [5.74, 6) is -1.35. The molecule has 0 spiro atoms. The van der Waals surface area contributed by atoms with E-state index in [0.717, 1.165) is 28.9 Å². The fourth-order valence-electron chi connectivity index (χ4n) is 5.02. The van der Waals surface area contributed by atoms with Crippen molar-refractivity contribution in [1.29, 1.82) is 0 Å². The van der Waals surface area contributed by atoms with Crippen molar-refractivity contribution in [1.82, 2.24) is 9.80 Å². The van der Waals surface area contributed by atoms with Crippen LogP contribution in [0, 0.1) is 0 Å². The number of amides is 2. The Labute approximate surface area is 218 Å². The van der Waals surface area contributed by atoms with Crippen molar-refractivity contribution >= 4 is 33.8 Å². The van der Waals surface area contributed by atoms with E-state index in [1.807, 2.05) is 18.2 Å². The molecule has 1 N–H and O–H groups in total. The Balaban J connectivity index is 1.47. The van der Waals surface area contributed by atoms with Gasteiger partial charge < -0.3 is 14.4 Å². The summed E-state index contributed by atoms with van der Waals surface area (Å²) >= 11 is 0. The van der Waals surface area contributed by atoms with Crippen LogP contribution >= 0.6 is 0 Å². The van der Waals surface area contributed by atoms with E-state index in [4.69, 9.17) is 9.47 Å². The summed E-state index contributed by atoms with van der Waals surface area (Å²) in [5.41, 5.74) is 4.71. The van der Waals surface area contributed by atoms with Gasteiger partial charge in [0, 0.05) is 13.0 Å². The summed E-state index contributed by atoms with van der Waals surface area (Å²) < 4.78 is 32.5. The van der Waals surface area contributed by atoms with Crippen LogP contribution in [0.15, 0.2) is 54.6 Å². The number of fused-ring (bicyclic) bond motifs is 2. The zero-order valence-electron chi connectivity index (χ0n) is 21.0. The van der Waals surface area contributed by atoms with Gasteiger partial charge in [-0.05, 0) is 35.1 Å². The fraction of sp³-hybridized carbons (Fsp3) is 0.444. The second kappa shape index (κ2) is 11.4. The minimum atomic E-state index is -2.96. The van der Waals surface area contributed by atoms with Gasteiger partial charge in [0.05, 0.1) is 19.5 Å². The number of rotatable bonds is 8. The summed E-state index contributed by atoms with van der Waals surface area (Å²) in [6.45, 7) is 3.72. The average molecular weight is 530 g/mol. The SMILES string of the molecule is C=CCOC(=O)CC(C(=O)N1CC[S+](=O)(O)CC1)N(C)C(=O)OCC1C2=C(CCC=C2)c2ccccc21. The third kappa shape index (κ3) is 6.02. The van der Waals surface area contributed by atoms with Crippen LogP contribution in [-0.4, -0.2) is 83.2 Å². The predicted octanol–water partition coefficient (Wildman–Crippen LogP) is 3.26. The third-order valence-corrected chi connectivity index (χ3v) is 8.69. The lowest BCUT2D eigenvalue weighted by molar-refractivity contribution is -0.148. The number of hydrogen-bond acceptors (Lipinski definition) is 6. The minimum absolute atomic E-state index is 0.0176. The summed E-state index contributed by atoms with van der Waals surface area (Å²) in [6, 6.07) is 6.93. The van der Waals surface area contributed by atoms with E-state index < -0.39 is 34.2 Å². The van der Waals surface area contributed by atoms with E-state index in [2.05, 4.69) is 24.8 Å². The Morgan fingerprint density at radius 3 is 2.70 bits per heavy atom. The molecule has 1 aromatic carbocycles. The Morgan fingerprint density at radius 1 is 1.24 bits per heavy atom. The van der Waals surface area contributed by atoms with Crippen molar-refractivity contribution < 1.29 is 32.6 Å². The first kappa shape index (κ1) is 26.8. The van der Waals surface area contributed by atoms with Crippen LogP contribution in [0.4, 0.5) is 4.79 Å². The maximum Gasteiger partial charge on any atom is 0.410 e. The highest BCUT2D eigenvalue weighted by molar-refractivity contribution is 7.97. The molecule has 0 bridgehead atoms. The number of esters is 1. The van der Waals surface area contributed by atoms with Gasteiger partial charge in [0.25, 0.3) is 0 Å². The Bertz CT molecular complexity index is 1180. The van der Waals surface area contributed by atoms with Crippen LogP contribution in [0.3, 0.4) is 0 Å². The maximum absolute atomic E-state index is 13.3. The van der Waals surface area contributed by atoms with Gasteiger partial charge in [0.1, 0.15) is 19.3 Å². The number of benzene rings is 1. The lowest BCUT2D eigenvalue weighted by Gasteiger charge is -2.33. The smallest absolute Gasteiger partial charge is 0.410 e. The third-order valence-electron chi connectivity index (χ3n) is 7.05. The van der Waals surface area contributed by atoms with Crippen molar-refractivity contribution in [2.75, 3.05) is 44.9 Å². The van der Waals surface area contributed by atoms with Gasteiger partial charge in [-0.1, -0.05) is 53.3 Å². The van der Waals surface area contributed by atoms with E-state index >= 15 is 0 Å². The fourth-order valence-corrected chi connectivity index (χ4v) is 6.23. The molecule has 0 radical (unpaired) electrons. The van der Waals surface area contributed by atoms with Gasteiger partial charge in [0.15, 0.2) is 11.5 Å². The zero-order chi connectivity index (χ0) is 26.6. The molecule has 0 saturated carbocycles. The van der Waals surface area contributed by atoms with Crippen LogP contribution < -0.4 is 0 Å². The Morgan fingerprint density at radius 2 is 1.97 bits per heavy atom. The minimum Gasteiger partial charge on any atom is -0.461 e. The van der Waals surface area contributed by atoms with Crippen molar-refractivity contribution in [2.45, 2.75) is 31.2 Å². The number of allylic oxidation sites excluding steroid dienone is 3. The van der Waals surface area contributed by atoms with E-state index in [1.165, 1.54) is 29.2 Å². The molecule has 2 unspecified atom stereocenters. The first-order valence-electron chi connectivity index (χ1n) is 12.4. The van der Waals surface area contributed by atoms with Crippen LogP contribution in [0.1, 0.15) is 36.3 Å². The molecular weight excluding hydrogens is 496 g/mol. The molecule has 1 aromatic rings. The number of hydrogen-bond donors (Lipinski definition) is 1. The van der Waals surface area contributed by atoms with E-state index in [1.54, 1.807) is 0 Å². The lowest BCUT2D eigenvalue weighted by Crippen LogP contribution is -2.54. The summed E-state index contributed by atoms with van der Waals surface area (Å²) in [7, 11) is -1.55. The average Bonchev–Trinajstić information content (AvgIpc) is 3.22. The first-order chi connectivity index (χ1) is 17.7. The molecule has 0 aromatic heterocycles. The topological polar surface area (TPSA) is 113 Å². The van der Waals surface area contributed by atoms with Crippen LogP contribution in [0.2, 0.25) is 0 Å². The molecule has 1 heterocycles. The second-order valence-corrected chi connectivity index (χ2v) is 11.8. The first-order valence-corrected chi connectivity index (χ1v) is 14.2. The van der Waals surface area contributed by atoms with Gasteiger partial charge in [-0.2, -0.15) is 4.55 Å². The highest BCUT2D eigenvalue weighted by atomic mass is 32.3. The van der Waals surface area contributed by atoms with Crippen LogP contribution in [-0.2, 0) is 33.5 Å². The Kier molecular flexibility index (Phi) is 8.29. The largest absolute Gasteiger partial charge is 0.461 e. The van der Waals surface area contributed by atoms with E-state index in [-0.39, 0.29) is 50.1 Å². The highest BCUT2D eigenvalue weighted by Gasteiger charge is 2.40. The molecule has 1 saturated heterocycles. The van der Waals surface area contributed by atoms with Crippen molar-refractivity contribution in [3.05, 3.63) is 65.8 Å². The summed E-state index contributed by atoms with van der Waals surface area (Å²) in [5, 5.41) is 0. The van der Waals surface area contributed by atoms with Crippen molar-refractivity contribution in [3.8, 4) is 0 Å². The van der Waals surface area contributed by atoms with Gasteiger partial charge in [-0.25, -0.2) is 4.79 Å². The monoisotopic (exact) mass is 529 g/mol. The number of carbonyl (C=O) groups excluding carboxylic acids is 3. The molecule has 2 atom stereocenters. The molecule has 1 aliphatic heterocycles. The van der Waals surface area contributed by atoms with Crippen molar-refractivity contribution in [3.63, 3.8) is 0 Å². The number of carbonyl (C=O) groups is 3. The predicted molar refractivity (Wildman–Crippen MR) is 140 cm³/mol. The zero-order valence-corrected chi connectivity index (χ0v) is 21.8. The van der Waals surface area contributed by atoms with Gasteiger partial charge in [0.2, 0.25) is 16.1 Å². The standard InChI is InChI=1S/C27H32N2O7S/c1-3-14-35-25(30)17-24(26(31)29-12-15-37(33,34)16-13-29)28(2)27(32)36-18-23-21-10-6-4-8-19(21)20-9-5-7-11-22(20)23/h3-4,6-8,10-11,23-24H,1,5,9,12-18H2,2H3/p+1.